The fourth-order valence-corrected chi connectivity index (χ4v) is 4.62. The minimum Gasteiger partial charge on any atom is -0.496 e. The summed E-state index contributed by atoms with van der Waals surface area (Å²) in [5.74, 6) is 0.670. The number of rotatable bonds is 5. The first-order chi connectivity index (χ1) is 14.4. The van der Waals surface area contributed by atoms with Crippen LogP contribution in [0.3, 0.4) is 0 Å². The summed E-state index contributed by atoms with van der Waals surface area (Å²) >= 11 is 12.8. The quantitative estimate of drug-likeness (QED) is 0.536. The lowest BCUT2D eigenvalue weighted by Gasteiger charge is -2.26. The summed E-state index contributed by atoms with van der Waals surface area (Å²) < 4.78 is 5.58. The SMILES string of the molecule is CNc1ccc(CN2C(=O)C(C)(c3ccccc3Cl)c3cc(Cl)ccc32)c(OC)c1. The highest BCUT2D eigenvalue weighted by Crippen LogP contribution is 2.49. The second kappa shape index (κ2) is 7.86. The molecule has 6 heteroatoms. The summed E-state index contributed by atoms with van der Waals surface area (Å²) in [6.07, 6.45) is 0. The first-order valence-corrected chi connectivity index (χ1v) is 10.4. The fourth-order valence-electron chi connectivity index (χ4n) is 4.12. The maximum atomic E-state index is 13.8. The average Bonchev–Trinajstić information content (AvgIpc) is 2.96. The lowest BCUT2D eigenvalue weighted by atomic mass is 9.77. The molecule has 4 nitrogen and oxygen atoms in total. The molecule has 0 radical (unpaired) electrons. The van der Waals surface area contributed by atoms with Gasteiger partial charge in [-0.1, -0.05) is 47.5 Å². The number of hydrogen-bond donors (Lipinski definition) is 1. The molecule has 0 saturated heterocycles. The minimum absolute atomic E-state index is 0.0485. The molecule has 0 fully saturated rings. The van der Waals surface area contributed by atoms with Gasteiger partial charge in [-0.05, 0) is 48.4 Å². The zero-order chi connectivity index (χ0) is 21.5. The van der Waals surface area contributed by atoms with E-state index in [1.54, 1.807) is 18.1 Å². The van der Waals surface area contributed by atoms with Crippen molar-refractivity contribution in [1.82, 2.24) is 0 Å². The van der Waals surface area contributed by atoms with E-state index in [2.05, 4.69) is 5.32 Å². The number of methoxy groups -OCH3 is 1. The van der Waals surface area contributed by atoms with E-state index in [0.29, 0.717) is 16.6 Å². The van der Waals surface area contributed by atoms with Gasteiger partial charge in [0.2, 0.25) is 5.91 Å². The van der Waals surface area contributed by atoms with Crippen LogP contribution in [-0.2, 0) is 16.8 Å². The van der Waals surface area contributed by atoms with E-state index in [1.165, 1.54) is 0 Å². The average molecular weight is 441 g/mol. The Morgan fingerprint density at radius 3 is 2.50 bits per heavy atom. The van der Waals surface area contributed by atoms with Crippen molar-refractivity contribution in [2.24, 2.45) is 0 Å². The topological polar surface area (TPSA) is 41.6 Å². The number of fused-ring (bicyclic) bond motifs is 1. The zero-order valence-corrected chi connectivity index (χ0v) is 18.5. The van der Waals surface area contributed by atoms with Crippen molar-refractivity contribution in [2.75, 3.05) is 24.4 Å². The van der Waals surface area contributed by atoms with Gasteiger partial charge in [-0.15, -0.1) is 0 Å². The maximum Gasteiger partial charge on any atom is 0.242 e. The van der Waals surface area contributed by atoms with E-state index in [9.17, 15) is 4.79 Å². The third kappa shape index (κ3) is 3.21. The van der Waals surface area contributed by atoms with Gasteiger partial charge in [0.1, 0.15) is 11.2 Å². The molecule has 0 saturated carbocycles. The van der Waals surface area contributed by atoms with Crippen molar-refractivity contribution in [3.05, 3.63) is 87.4 Å². The summed E-state index contributed by atoms with van der Waals surface area (Å²) in [5, 5.41) is 4.24. The Balaban J connectivity index is 1.84. The highest BCUT2D eigenvalue weighted by atomic mass is 35.5. The van der Waals surface area contributed by atoms with E-state index in [1.807, 2.05) is 68.6 Å². The van der Waals surface area contributed by atoms with Gasteiger partial charge in [0.15, 0.2) is 0 Å². The van der Waals surface area contributed by atoms with Crippen LogP contribution in [0.4, 0.5) is 11.4 Å². The minimum atomic E-state index is -0.934. The van der Waals surface area contributed by atoms with Crippen molar-refractivity contribution < 1.29 is 9.53 Å². The van der Waals surface area contributed by atoms with Crippen LogP contribution < -0.4 is 15.0 Å². The van der Waals surface area contributed by atoms with Crippen LogP contribution in [-0.4, -0.2) is 20.1 Å². The Morgan fingerprint density at radius 2 is 1.80 bits per heavy atom. The van der Waals surface area contributed by atoms with Gasteiger partial charge in [-0.25, -0.2) is 0 Å². The zero-order valence-electron chi connectivity index (χ0n) is 17.0. The standard InChI is InChI=1S/C24H22Cl2N2O2/c1-24(18-6-4-5-7-20(18)26)19-12-16(25)9-11-21(19)28(23(24)29)14-15-8-10-17(27-2)13-22(15)30-3/h4-13,27H,14H2,1-3H3. The number of nitrogens with one attached hydrogen (secondary N) is 1. The van der Waals surface area contributed by atoms with Crippen molar-refractivity contribution in [3.8, 4) is 5.75 Å². The summed E-state index contributed by atoms with van der Waals surface area (Å²) in [7, 11) is 3.49. The Kier molecular flexibility index (Phi) is 5.39. The number of halogens is 2. The molecule has 0 aromatic heterocycles. The van der Waals surface area contributed by atoms with Crippen LogP contribution in [0.2, 0.25) is 10.0 Å². The van der Waals surface area contributed by atoms with Crippen LogP contribution in [0.15, 0.2) is 60.7 Å². The fraction of sp³-hybridized carbons (Fsp3) is 0.208. The second-order valence-electron chi connectivity index (χ2n) is 7.43. The van der Waals surface area contributed by atoms with Gasteiger partial charge in [-0.2, -0.15) is 0 Å². The number of hydrogen-bond acceptors (Lipinski definition) is 3. The van der Waals surface area contributed by atoms with Gasteiger partial charge in [0, 0.05) is 40.1 Å². The van der Waals surface area contributed by atoms with Crippen LogP contribution in [0.25, 0.3) is 0 Å². The van der Waals surface area contributed by atoms with Crippen LogP contribution >= 0.6 is 23.2 Å². The molecule has 1 amide bonds. The molecule has 3 aromatic carbocycles. The molecule has 30 heavy (non-hydrogen) atoms. The molecule has 1 heterocycles. The molecule has 0 aliphatic carbocycles. The molecule has 154 valence electrons. The van der Waals surface area contributed by atoms with Crippen LogP contribution in [0.5, 0.6) is 5.75 Å². The van der Waals surface area contributed by atoms with Crippen LogP contribution in [0, 0.1) is 0 Å². The summed E-state index contributed by atoms with van der Waals surface area (Å²) in [5.41, 5.74) is 3.35. The summed E-state index contributed by atoms with van der Waals surface area (Å²) in [6, 6.07) is 18.9. The highest BCUT2D eigenvalue weighted by molar-refractivity contribution is 6.32. The predicted octanol–water partition coefficient (Wildman–Crippen LogP) is 5.90. The van der Waals surface area contributed by atoms with Gasteiger partial charge < -0.3 is 15.0 Å². The van der Waals surface area contributed by atoms with E-state index in [4.69, 9.17) is 27.9 Å². The molecule has 1 atom stereocenters. The smallest absolute Gasteiger partial charge is 0.242 e. The number of nitrogens with zero attached hydrogens (tertiary/aromatic N) is 1. The van der Waals surface area contributed by atoms with Gasteiger partial charge in [-0.3, -0.25) is 4.79 Å². The van der Waals surface area contributed by atoms with Gasteiger partial charge >= 0.3 is 0 Å². The molecule has 1 aliphatic heterocycles. The first-order valence-electron chi connectivity index (χ1n) is 9.61. The molecule has 0 bridgehead atoms. The monoisotopic (exact) mass is 440 g/mol. The molecule has 1 aliphatic rings. The molecule has 4 rings (SSSR count). The number of carbonyl (C=O) groups is 1. The molecule has 1 N–H and O–H groups in total. The Bertz CT molecular complexity index is 1130. The predicted molar refractivity (Wildman–Crippen MR) is 123 cm³/mol. The van der Waals surface area contributed by atoms with Crippen LogP contribution in [0.1, 0.15) is 23.6 Å². The molecular weight excluding hydrogens is 419 g/mol. The first kappa shape index (κ1) is 20.6. The van der Waals surface area contributed by atoms with Crippen molar-refractivity contribution in [1.29, 1.82) is 0 Å². The second-order valence-corrected chi connectivity index (χ2v) is 8.28. The Morgan fingerprint density at radius 1 is 1.03 bits per heavy atom. The number of ether oxygens (including phenoxy) is 1. The number of anilines is 2. The summed E-state index contributed by atoms with van der Waals surface area (Å²) in [6.45, 7) is 2.29. The Hall–Kier alpha value is -2.69. The number of carbonyl (C=O) groups excluding carboxylic acids is 1. The molecule has 0 spiro atoms. The van der Waals surface area contributed by atoms with Crippen molar-refractivity contribution in [3.63, 3.8) is 0 Å². The third-order valence-corrected chi connectivity index (χ3v) is 6.34. The lowest BCUT2D eigenvalue weighted by Crippen LogP contribution is -2.39. The normalized spacial score (nSPS) is 17.8. The number of amides is 1. The highest BCUT2D eigenvalue weighted by Gasteiger charge is 2.49. The van der Waals surface area contributed by atoms with Crippen molar-refractivity contribution in [2.45, 2.75) is 18.9 Å². The van der Waals surface area contributed by atoms with E-state index in [-0.39, 0.29) is 5.91 Å². The Labute approximate surface area is 186 Å². The maximum absolute atomic E-state index is 13.8. The lowest BCUT2D eigenvalue weighted by molar-refractivity contribution is -0.121. The molecular formula is C24H22Cl2N2O2. The summed E-state index contributed by atoms with van der Waals surface area (Å²) in [4.78, 5) is 15.6. The molecule has 1 unspecified atom stereocenters. The third-order valence-electron chi connectivity index (χ3n) is 5.78. The largest absolute Gasteiger partial charge is 0.496 e. The molecule has 3 aromatic rings. The van der Waals surface area contributed by atoms with Crippen molar-refractivity contribution >= 4 is 40.5 Å². The van der Waals surface area contributed by atoms with E-state index in [0.717, 1.165) is 33.8 Å². The number of benzene rings is 3. The van der Waals surface area contributed by atoms with Gasteiger partial charge in [0.25, 0.3) is 0 Å². The van der Waals surface area contributed by atoms with Gasteiger partial charge in [0.05, 0.1) is 13.7 Å². The van der Waals surface area contributed by atoms with E-state index < -0.39 is 5.41 Å². The van der Waals surface area contributed by atoms with E-state index >= 15 is 0 Å².